The highest BCUT2D eigenvalue weighted by Crippen LogP contribution is 2.28. The molecule has 0 aliphatic carbocycles. The predicted molar refractivity (Wildman–Crippen MR) is 78.9 cm³/mol. The Bertz CT molecular complexity index is 726. The van der Waals surface area contributed by atoms with Crippen LogP contribution in [0.25, 0.3) is 0 Å². The molecule has 0 spiro atoms. The number of hydrogen-bond acceptors (Lipinski definition) is 5. The molecule has 108 valence electrons. The van der Waals surface area contributed by atoms with Crippen molar-refractivity contribution in [3.05, 3.63) is 35.4 Å². The molecule has 2 heterocycles. The van der Waals surface area contributed by atoms with E-state index < -0.39 is 5.82 Å². The highest BCUT2D eigenvalue weighted by Gasteiger charge is 2.21. The molecule has 5 nitrogen and oxygen atoms in total. The van der Waals surface area contributed by atoms with Crippen molar-refractivity contribution in [1.82, 2.24) is 15.2 Å². The molecule has 1 aliphatic rings. The second-order valence-corrected chi connectivity index (χ2v) is 5.59. The molecule has 0 saturated carbocycles. The van der Waals surface area contributed by atoms with E-state index in [-0.39, 0.29) is 12.2 Å². The number of nitrogens with zero attached hydrogens (tertiary/aromatic N) is 3. The van der Waals surface area contributed by atoms with E-state index in [0.717, 1.165) is 18.0 Å². The number of carbonyl (C=O) groups is 1. The monoisotopic (exact) mass is 304 g/mol. The molecule has 7 heteroatoms. The first-order valence-electron chi connectivity index (χ1n) is 6.59. The molecule has 0 fully saturated rings. The van der Waals surface area contributed by atoms with Gasteiger partial charge in [-0.2, -0.15) is 0 Å². The summed E-state index contributed by atoms with van der Waals surface area (Å²) in [5.41, 5.74) is 1.65. The minimum Gasteiger partial charge on any atom is -0.294 e. The van der Waals surface area contributed by atoms with Crippen LogP contribution in [0.2, 0.25) is 0 Å². The maximum atomic E-state index is 13.1. The molecule has 21 heavy (non-hydrogen) atoms. The summed E-state index contributed by atoms with van der Waals surface area (Å²) in [5, 5.41) is 7.57. The van der Waals surface area contributed by atoms with Gasteiger partial charge >= 0.3 is 0 Å². The number of hydrogen-bond donors (Lipinski definition) is 1. The summed E-state index contributed by atoms with van der Waals surface area (Å²) in [6.07, 6.45) is 1.01. The number of Topliss-reactive ketones (excluding diaryl/α,β-unsaturated/α-hetero) is 1. The summed E-state index contributed by atoms with van der Waals surface area (Å²) in [7, 11) is 0. The number of H-pyrrole nitrogens is 1. The Morgan fingerprint density at radius 3 is 3.05 bits per heavy atom. The molecule has 1 aromatic carbocycles. The van der Waals surface area contributed by atoms with Crippen molar-refractivity contribution >= 4 is 28.9 Å². The molecule has 3 rings (SSSR count). The van der Waals surface area contributed by atoms with Crippen LogP contribution in [0.4, 0.5) is 10.1 Å². The number of aromatic amines is 1. The Labute approximate surface area is 125 Å². The molecule has 0 saturated heterocycles. The lowest BCUT2D eigenvalue weighted by Gasteiger charge is -2.13. The maximum Gasteiger partial charge on any atom is 0.208 e. The molecule has 1 aliphatic heterocycles. The molecule has 0 unspecified atom stereocenters. The fourth-order valence-corrected chi connectivity index (χ4v) is 2.80. The van der Waals surface area contributed by atoms with Crippen molar-refractivity contribution in [3.8, 4) is 0 Å². The summed E-state index contributed by atoms with van der Waals surface area (Å²) in [6, 6.07) is 4.09. The lowest BCUT2D eigenvalue weighted by atomic mass is 10.0. The van der Waals surface area contributed by atoms with Crippen molar-refractivity contribution in [2.75, 3.05) is 5.75 Å². The van der Waals surface area contributed by atoms with Gasteiger partial charge in [-0.05, 0) is 18.2 Å². The van der Waals surface area contributed by atoms with Crippen LogP contribution in [-0.4, -0.2) is 32.4 Å². The fraction of sp³-hybridized carbons (Fsp3) is 0.286. The van der Waals surface area contributed by atoms with E-state index in [1.54, 1.807) is 0 Å². The zero-order valence-electron chi connectivity index (χ0n) is 11.4. The van der Waals surface area contributed by atoms with Gasteiger partial charge in [0.25, 0.3) is 0 Å². The van der Waals surface area contributed by atoms with Gasteiger partial charge in [-0.15, -0.1) is 5.10 Å². The number of ketones is 1. The van der Waals surface area contributed by atoms with Crippen LogP contribution in [0.5, 0.6) is 0 Å². The van der Waals surface area contributed by atoms with Crippen LogP contribution in [0, 0.1) is 5.82 Å². The number of nitrogens with one attached hydrogen (secondary N) is 1. The second-order valence-electron chi connectivity index (χ2n) is 4.65. The van der Waals surface area contributed by atoms with E-state index in [9.17, 15) is 9.18 Å². The SMILES string of the molecule is CCc1nc(SCC2=Nc3ccc(F)cc3C(=O)C2)n[nH]1. The number of rotatable bonds is 4. The Morgan fingerprint density at radius 1 is 1.43 bits per heavy atom. The van der Waals surface area contributed by atoms with E-state index in [1.165, 1.54) is 30.0 Å². The third kappa shape index (κ3) is 3.02. The smallest absolute Gasteiger partial charge is 0.208 e. The van der Waals surface area contributed by atoms with Crippen LogP contribution >= 0.6 is 11.8 Å². The average molecular weight is 304 g/mol. The first-order chi connectivity index (χ1) is 10.2. The quantitative estimate of drug-likeness (QED) is 0.882. The fourth-order valence-electron chi connectivity index (χ4n) is 2.05. The number of aryl methyl sites for hydroxylation is 1. The lowest BCUT2D eigenvalue weighted by molar-refractivity contribution is 0.0999. The van der Waals surface area contributed by atoms with Crippen LogP contribution in [-0.2, 0) is 6.42 Å². The summed E-state index contributed by atoms with van der Waals surface area (Å²) in [5.74, 6) is 0.867. The number of carbonyl (C=O) groups excluding carboxylic acids is 1. The van der Waals surface area contributed by atoms with Crippen molar-refractivity contribution in [3.63, 3.8) is 0 Å². The summed E-state index contributed by atoms with van der Waals surface area (Å²) < 4.78 is 13.1. The molecule has 1 aromatic heterocycles. The second kappa shape index (κ2) is 5.77. The van der Waals surface area contributed by atoms with Crippen LogP contribution < -0.4 is 0 Å². The van der Waals surface area contributed by atoms with Gasteiger partial charge in [-0.1, -0.05) is 18.7 Å². The molecule has 0 bridgehead atoms. The zero-order valence-corrected chi connectivity index (χ0v) is 12.2. The van der Waals surface area contributed by atoms with Gasteiger partial charge in [-0.3, -0.25) is 14.9 Å². The Kier molecular flexibility index (Phi) is 3.83. The number of aromatic nitrogens is 3. The van der Waals surface area contributed by atoms with Crippen molar-refractivity contribution in [2.45, 2.75) is 24.9 Å². The topological polar surface area (TPSA) is 71.0 Å². The highest BCUT2D eigenvalue weighted by molar-refractivity contribution is 7.99. The summed E-state index contributed by atoms with van der Waals surface area (Å²) in [6.45, 7) is 1.99. The van der Waals surface area contributed by atoms with E-state index in [2.05, 4.69) is 20.2 Å². The highest BCUT2D eigenvalue weighted by atomic mass is 32.2. The van der Waals surface area contributed by atoms with Gasteiger partial charge in [-0.25, -0.2) is 9.37 Å². The third-order valence-corrected chi connectivity index (χ3v) is 4.03. The molecule has 1 N–H and O–H groups in total. The largest absolute Gasteiger partial charge is 0.294 e. The normalized spacial score (nSPS) is 14.0. The Morgan fingerprint density at radius 2 is 2.29 bits per heavy atom. The maximum absolute atomic E-state index is 13.1. The van der Waals surface area contributed by atoms with Gasteiger partial charge < -0.3 is 0 Å². The van der Waals surface area contributed by atoms with Crippen molar-refractivity contribution < 1.29 is 9.18 Å². The van der Waals surface area contributed by atoms with Crippen molar-refractivity contribution in [1.29, 1.82) is 0 Å². The zero-order chi connectivity index (χ0) is 14.8. The van der Waals surface area contributed by atoms with Gasteiger partial charge in [0, 0.05) is 23.4 Å². The van der Waals surface area contributed by atoms with Crippen LogP contribution in [0.1, 0.15) is 29.5 Å². The summed E-state index contributed by atoms with van der Waals surface area (Å²) >= 11 is 1.43. The van der Waals surface area contributed by atoms with Crippen LogP contribution in [0.15, 0.2) is 28.3 Å². The third-order valence-electron chi connectivity index (χ3n) is 3.12. The van der Waals surface area contributed by atoms with E-state index in [4.69, 9.17) is 0 Å². The number of aliphatic imine (C=N–C) groups is 1. The number of fused-ring (bicyclic) bond motifs is 1. The van der Waals surface area contributed by atoms with E-state index >= 15 is 0 Å². The predicted octanol–water partition coefficient (Wildman–Crippen LogP) is 2.96. The Balaban J connectivity index is 1.74. The lowest BCUT2D eigenvalue weighted by Crippen LogP contribution is -2.15. The minimum atomic E-state index is -0.414. The van der Waals surface area contributed by atoms with Gasteiger partial charge in [0.1, 0.15) is 11.6 Å². The Hall–Kier alpha value is -2.02. The minimum absolute atomic E-state index is 0.0978. The number of thioether (sulfide) groups is 1. The molecular weight excluding hydrogens is 291 g/mol. The van der Waals surface area contributed by atoms with Gasteiger partial charge in [0.05, 0.1) is 12.1 Å². The van der Waals surface area contributed by atoms with Crippen molar-refractivity contribution in [2.24, 2.45) is 4.99 Å². The standard InChI is InChI=1S/C14H13FN4OS/c1-2-13-17-14(19-18-13)21-7-9-6-12(20)10-5-8(15)3-4-11(10)16-9/h3-5H,2,6-7H2,1H3,(H,17,18,19). The first-order valence-corrected chi connectivity index (χ1v) is 7.57. The van der Waals surface area contributed by atoms with E-state index in [1.807, 2.05) is 6.92 Å². The van der Waals surface area contributed by atoms with Gasteiger partial charge in [0.15, 0.2) is 5.78 Å². The number of halogens is 1. The molecule has 0 radical (unpaired) electrons. The molecule has 0 amide bonds. The van der Waals surface area contributed by atoms with Gasteiger partial charge in [0.2, 0.25) is 5.16 Å². The molecule has 0 atom stereocenters. The van der Waals surface area contributed by atoms with E-state index in [0.29, 0.717) is 22.2 Å². The first kappa shape index (κ1) is 13.9. The number of benzene rings is 1. The average Bonchev–Trinajstić information content (AvgIpc) is 2.94. The molecule has 2 aromatic rings. The van der Waals surface area contributed by atoms with Crippen LogP contribution in [0.3, 0.4) is 0 Å². The summed E-state index contributed by atoms with van der Waals surface area (Å²) in [4.78, 5) is 20.7. The molecular formula is C14H13FN4OS.